The van der Waals surface area contributed by atoms with Gasteiger partial charge in [-0.15, -0.1) is 0 Å². The molecule has 1 aliphatic carbocycles. The van der Waals surface area contributed by atoms with Crippen LogP contribution >= 0.6 is 0 Å². The zero-order valence-corrected chi connectivity index (χ0v) is 14.0. The quantitative estimate of drug-likeness (QED) is 0.410. The molecule has 0 aliphatic heterocycles. The minimum atomic E-state index is -0.122. The predicted molar refractivity (Wildman–Crippen MR) is 93.9 cm³/mol. The molecule has 23 heavy (non-hydrogen) atoms. The first-order chi connectivity index (χ1) is 11.3. The van der Waals surface area contributed by atoms with Gasteiger partial charge in [-0.25, -0.2) is 0 Å². The minimum Gasteiger partial charge on any atom is -0.494 e. The number of aliphatic imine (C=N–C) groups is 1. The van der Waals surface area contributed by atoms with Crippen LogP contribution in [-0.2, 0) is 0 Å². The van der Waals surface area contributed by atoms with Crippen molar-refractivity contribution in [3.63, 3.8) is 0 Å². The van der Waals surface area contributed by atoms with Crippen LogP contribution in [0.15, 0.2) is 35.3 Å². The van der Waals surface area contributed by atoms with E-state index < -0.39 is 0 Å². The van der Waals surface area contributed by atoms with E-state index in [1.807, 2.05) is 30.3 Å². The third-order valence-electron chi connectivity index (χ3n) is 3.97. The van der Waals surface area contributed by atoms with E-state index in [-0.39, 0.29) is 6.10 Å². The lowest BCUT2D eigenvalue weighted by atomic mass is 9.93. The van der Waals surface area contributed by atoms with Gasteiger partial charge in [0.25, 0.3) is 0 Å². The van der Waals surface area contributed by atoms with Gasteiger partial charge in [0, 0.05) is 25.6 Å². The normalized spacial score (nSPS) is 21.7. The van der Waals surface area contributed by atoms with Gasteiger partial charge in [-0.3, -0.25) is 4.99 Å². The fourth-order valence-electron chi connectivity index (χ4n) is 2.70. The van der Waals surface area contributed by atoms with Crippen LogP contribution in [-0.4, -0.2) is 42.9 Å². The summed E-state index contributed by atoms with van der Waals surface area (Å²) >= 11 is 0. The number of aliphatic hydroxyl groups excluding tert-OH is 1. The Balaban J connectivity index is 1.68. The molecule has 1 saturated carbocycles. The number of ether oxygens (including phenoxy) is 1. The number of benzene rings is 1. The van der Waals surface area contributed by atoms with Crippen LogP contribution in [0.1, 0.15) is 39.0 Å². The second-order valence-corrected chi connectivity index (χ2v) is 5.93. The first-order valence-corrected chi connectivity index (χ1v) is 8.68. The van der Waals surface area contributed by atoms with E-state index in [2.05, 4.69) is 22.5 Å². The number of hydrogen-bond donors (Lipinski definition) is 3. The smallest absolute Gasteiger partial charge is 0.191 e. The van der Waals surface area contributed by atoms with Gasteiger partial charge in [0.1, 0.15) is 5.75 Å². The molecule has 0 saturated heterocycles. The number of nitrogens with one attached hydrogen (secondary N) is 2. The number of nitrogens with zero attached hydrogens (tertiary/aromatic N) is 1. The first-order valence-electron chi connectivity index (χ1n) is 8.68. The van der Waals surface area contributed by atoms with Crippen molar-refractivity contribution in [1.29, 1.82) is 0 Å². The molecule has 2 rings (SSSR count). The molecular weight excluding hydrogens is 290 g/mol. The molecule has 1 aromatic rings. The SMILES string of the molecule is CCNC(=NCCCOc1ccccc1)NC1CCC(O)CC1. The molecule has 0 spiro atoms. The van der Waals surface area contributed by atoms with Crippen molar-refractivity contribution < 1.29 is 9.84 Å². The average Bonchev–Trinajstić information content (AvgIpc) is 2.57. The Morgan fingerprint density at radius 2 is 1.96 bits per heavy atom. The standard InChI is InChI=1S/C18H29N3O2/c1-2-19-18(21-15-9-11-16(22)12-10-15)20-13-6-14-23-17-7-4-3-5-8-17/h3-5,7-8,15-16,22H,2,6,9-14H2,1H3,(H2,19,20,21). The summed E-state index contributed by atoms with van der Waals surface area (Å²) in [5, 5.41) is 16.3. The van der Waals surface area contributed by atoms with E-state index in [1.165, 1.54) is 0 Å². The van der Waals surface area contributed by atoms with Crippen LogP contribution in [0.2, 0.25) is 0 Å². The van der Waals surface area contributed by atoms with E-state index in [4.69, 9.17) is 4.74 Å². The van der Waals surface area contributed by atoms with Crippen LogP contribution in [0.5, 0.6) is 5.75 Å². The van der Waals surface area contributed by atoms with Crippen molar-refractivity contribution in [2.24, 2.45) is 4.99 Å². The lowest BCUT2D eigenvalue weighted by molar-refractivity contribution is 0.120. The van der Waals surface area contributed by atoms with Gasteiger partial charge in [-0.2, -0.15) is 0 Å². The molecule has 0 heterocycles. The van der Waals surface area contributed by atoms with Crippen LogP contribution in [0.25, 0.3) is 0 Å². The molecule has 1 aromatic carbocycles. The number of rotatable bonds is 7. The Bertz CT molecular complexity index is 457. The molecule has 0 unspecified atom stereocenters. The van der Waals surface area contributed by atoms with Gasteiger partial charge in [-0.05, 0) is 44.7 Å². The first kappa shape index (κ1) is 17.6. The largest absolute Gasteiger partial charge is 0.494 e. The van der Waals surface area contributed by atoms with Crippen LogP contribution in [0, 0.1) is 0 Å². The summed E-state index contributed by atoms with van der Waals surface area (Å²) in [4.78, 5) is 4.61. The summed E-state index contributed by atoms with van der Waals surface area (Å²) in [6.45, 7) is 4.32. The summed E-state index contributed by atoms with van der Waals surface area (Å²) in [7, 11) is 0. The molecule has 0 amide bonds. The molecule has 3 N–H and O–H groups in total. The third-order valence-corrected chi connectivity index (χ3v) is 3.97. The molecule has 0 bridgehead atoms. The monoisotopic (exact) mass is 319 g/mol. The Morgan fingerprint density at radius 1 is 1.22 bits per heavy atom. The van der Waals surface area contributed by atoms with Crippen LogP contribution in [0.4, 0.5) is 0 Å². The molecule has 5 heteroatoms. The molecule has 0 radical (unpaired) electrons. The number of hydrogen-bond acceptors (Lipinski definition) is 3. The number of guanidine groups is 1. The second-order valence-electron chi connectivity index (χ2n) is 5.93. The maximum Gasteiger partial charge on any atom is 0.191 e. The van der Waals surface area contributed by atoms with Gasteiger partial charge >= 0.3 is 0 Å². The maximum absolute atomic E-state index is 9.57. The lowest BCUT2D eigenvalue weighted by Gasteiger charge is -2.27. The molecule has 5 nitrogen and oxygen atoms in total. The van der Waals surface area contributed by atoms with Crippen molar-refractivity contribution in [3.05, 3.63) is 30.3 Å². The second kappa shape index (κ2) is 10.1. The lowest BCUT2D eigenvalue weighted by Crippen LogP contribution is -2.45. The molecule has 0 aromatic heterocycles. The summed E-state index contributed by atoms with van der Waals surface area (Å²) in [6, 6.07) is 10.3. The van der Waals surface area contributed by atoms with Crippen molar-refractivity contribution in [2.45, 2.75) is 51.2 Å². The highest BCUT2D eigenvalue weighted by atomic mass is 16.5. The molecule has 1 fully saturated rings. The molecule has 128 valence electrons. The average molecular weight is 319 g/mol. The fourth-order valence-corrected chi connectivity index (χ4v) is 2.70. The summed E-state index contributed by atoms with van der Waals surface area (Å²) < 4.78 is 5.67. The van der Waals surface area contributed by atoms with Gasteiger partial charge < -0.3 is 20.5 Å². The van der Waals surface area contributed by atoms with E-state index >= 15 is 0 Å². The van der Waals surface area contributed by atoms with Gasteiger partial charge in [0.05, 0.1) is 12.7 Å². The predicted octanol–water partition coefficient (Wildman–Crippen LogP) is 2.31. The van der Waals surface area contributed by atoms with Crippen LogP contribution < -0.4 is 15.4 Å². The summed E-state index contributed by atoms with van der Waals surface area (Å²) in [5.74, 6) is 1.77. The van der Waals surface area contributed by atoms with Gasteiger partial charge in [-0.1, -0.05) is 18.2 Å². The zero-order chi connectivity index (χ0) is 16.3. The fraction of sp³-hybridized carbons (Fsp3) is 0.611. The summed E-state index contributed by atoms with van der Waals surface area (Å²) in [5.41, 5.74) is 0. The highest BCUT2D eigenvalue weighted by Crippen LogP contribution is 2.18. The number of para-hydroxylation sites is 1. The van der Waals surface area contributed by atoms with E-state index in [1.54, 1.807) is 0 Å². The van der Waals surface area contributed by atoms with Crippen molar-refractivity contribution in [2.75, 3.05) is 19.7 Å². The molecular formula is C18H29N3O2. The molecule has 0 atom stereocenters. The Morgan fingerprint density at radius 3 is 2.65 bits per heavy atom. The van der Waals surface area contributed by atoms with Crippen molar-refractivity contribution in [3.8, 4) is 5.75 Å². The maximum atomic E-state index is 9.57. The number of aliphatic hydroxyl groups is 1. The van der Waals surface area contributed by atoms with Crippen molar-refractivity contribution >= 4 is 5.96 Å². The minimum absolute atomic E-state index is 0.122. The zero-order valence-electron chi connectivity index (χ0n) is 14.0. The Labute approximate surface area is 139 Å². The van der Waals surface area contributed by atoms with E-state index in [9.17, 15) is 5.11 Å². The summed E-state index contributed by atoms with van der Waals surface area (Å²) in [6.07, 6.45) is 4.52. The third kappa shape index (κ3) is 6.91. The van der Waals surface area contributed by atoms with Crippen LogP contribution in [0.3, 0.4) is 0 Å². The van der Waals surface area contributed by atoms with Gasteiger partial charge in [0.15, 0.2) is 5.96 Å². The molecule has 1 aliphatic rings. The van der Waals surface area contributed by atoms with E-state index in [0.717, 1.165) is 56.9 Å². The highest BCUT2D eigenvalue weighted by Gasteiger charge is 2.19. The van der Waals surface area contributed by atoms with Gasteiger partial charge in [0.2, 0.25) is 0 Å². The topological polar surface area (TPSA) is 65.9 Å². The van der Waals surface area contributed by atoms with Crippen molar-refractivity contribution in [1.82, 2.24) is 10.6 Å². The highest BCUT2D eigenvalue weighted by molar-refractivity contribution is 5.80. The Kier molecular flexibility index (Phi) is 7.73. The Hall–Kier alpha value is -1.75. The van der Waals surface area contributed by atoms with E-state index in [0.29, 0.717) is 12.6 Å².